The molecule has 3 aromatic carbocycles. The van der Waals surface area contributed by atoms with E-state index in [0.29, 0.717) is 35.4 Å². The Morgan fingerprint density at radius 3 is 2.43 bits per heavy atom. The second-order valence-corrected chi connectivity index (χ2v) is 6.74. The van der Waals surface area contributed by atoms with Crippen LogP contribution < -0.4 is 14.9 Å². The van der Waals surface area contributed by atoms with Crippen molar-refractivity contribution in [2.75, 3.05) is 12.0 Å². The van der Waals surface area contributed by atoms with Gasteiger partial charge >= 0.3 is 5.97 Å². The molecule has 6 nitrogen and oxygen atoms in total. The monoisotopic (exact) mass is 424 g/mol. The number of hydrogen-bond acceptors (Lipinski definition) is 5. The summed E-state index contributed by atoms with van der Waals surface area (Å²) in [6.07, 6.45) is 1.65. The third-order valence-corrected chi connectivity index (χ3v) is 4.37. The van der Waals surface area contributed by atoms with E-state index in [1.165, 1.54) is 12.1 Å². The molecule has 154 valence electrons. The fourth-order valence-electron chi connectivity index (χ4n) is 2.60. The zero-order valence-corrected chi connectivity index (χ0v) is 17.1. The SMILES string of the molecule is CCOc1cc(/C=N/Nc2ccc(C(=O)O)cc2)ccc1OCc1ccc(Cl)cc1. The van der Waals surface area contributed by atoms with Crippen molar-refractivity contribution in [2.24, 2.45) is 5.10 Å². The number of carbonyl (C=O) groups is 1. The van der Waals surface area contributed by atoms with E-state index < -0.39 is 5.97 Å². The average Bonchev–Trinajstić information content (AvgIpc) is 2.75. The number of ether oxygens (including phenoxy) is 2. The van der Waals surface area contributed by atoms with E-state index in [9.17, 15) is 4.79 Å². The highest BCUT2D eigenvalue weighted by atomic mass is 35.5. The van der Waals surface area contributed by atoms with Crippen LogP contribution in [0.3, 0.4) is 0 Å². The van der Waals surface area contributed by atoms with Gasteiger partial charge in [-0.1, -0.05) is 23.7 Å². The van der Waals surface area contributed by atoms with Crippen molar-refractivity contribution >= 4 is 29.5 Å². The van der Waals surface area contributed by atoms with Crippen LogP contribution in [0, 0.1) is 0 Å². The summed E-state index contributed by atoms with van der Waals surface area (Å²) in [7, 11) is 0. The number of rotatable bonds is 9. The highest BCUT2D eigenvalue weighted by Crippen LogP contribution is 2.29. The second kappa shape index (κ2) is 10.3. The number of hydrogen-bond donors (Lipinski definition) is 2. The molecule has 3 rings (SSSR count). The molecule has 0 heterocycles. The maximum Gasteiger partial charge on any atom is 0.335 e. The van der Waals surface area contributed by atoms with Crippen LogP contribution in [0.2, 0.25) is 5.02 Å². The van der Waals surface area contributed by atoms with Gasteiger partial charge in [0, 0.05) is 5.02 Å². The molecular formula is C23H21ClN2O4. The first-order chi connectivity index (χ1) is 14.5. The first kappa shape index (κ1) is 21.2. The van der Waals surface area contributed by atoms with Crippen LogP contribution in [0.5, 0.6) is 11.5 Å². The van der Waals surface area contributed by atoms with Gasteiger partial charge in [-0.15, -0.1) is 0 Å². The molecule has 7 heteroatoms. The zero-order valence-electron chi connectivity index (χ0n) is 16.3. The lowest BCUT2D eigenvalue weighted by molar-refractivity contribution is 0.0697. The summed E-state index contributed by atoms with van der Waals surface area (Å²) < 4.78 is 11.6. The lowest BCUT2D eigenvalue weighted by Crippen LogP contribution is -2.00. The summed E-state index contributed by atoms with van der Waals surface area (Å²) >= 11 is 5.91. The third-order valence-electron chi connectivity index (χ3n) is 4.11. The van der Waals surface area contributed by atoms with Crippen molar-refractivity contribution in [3.63, 3.8) is 0 Å². The number of aromatic carboxylic acids is 1. The number of anilines is 1. The Kier molecular flexibility index (Phi) is 7.29. The number of carboxylic acid groups (broad SMARTS) is 1. The molecule has 0 aliphatic heterocycles. The van der Waals surface area contributed by atoms with E-state index in [-0.39, 0.29) is 5.56 Å². The summed E-state index contributed by atoms with van der Waals surface area (Å²) in [5, 5.41) is 13.8. The Labute approximate surface area is 179 Å². The molecule has 0 saturated heterocycles. The molecule has 3 aromatic rings. The van der Waals surface area contributed by atoms with E-state index in [4.69, 9.17) is 26.2 Å². The maximum atomic E-state index is 10.9. The molecule has 0 atom stereocenters. The highest BCUT2D eigenvalue weighted by Gasteiger charge is 2.07. The largest absolute Gasteiger partial charge is 0.490 e. The first-order valence-electron chi connectivity index (χ1n) is 9.31. The fraction of sp³-hybridized carbons (Fsp3) is 0.130. The van der Waals surface area contributed by atoms with Gasteiger partial charge in [0.1, 0.15) is 6.61 Å². The van der Waals surface area contributed by atoms with Gasteiger partial charge in [-0.25, -0.2) is 4.79 Å². The number of carboxylic acids is 1. The minimum Gasteiger partial charge on any atom is -0.490 e. The molecule has 0 spiro atoms. The molecule has 0 unspecified atom stereocenters. The maximum absolute atomic E-state index is 10.9. The van der Waals surface area contributed by atoms with Gasteiger partial charge in [0.25, 0.3) is 0 Å². The zero-order chi connectivity index (χ0) is 21.3. The number of nitrogens with zero attached hydrogens (tertiary/aromatic N) is 1. The number of benzene rings is 3. The van der Waals surface area contributed by atoms with Gasteiger partial charge in [-0.3, -0.25) is 5.43 Å². The van der Waals surface area contributed by atoms with Gasteiger partial charge in [0.15, 0.2) is 11.5 Å². The van der Waals surface area contributed by atoms with E-state index in [1.807, 2.05) is 49.4 Å². The van der Waals surface area contributed by atoms with Crippen LogP contribution >= 0.6 is 11.6 Å². The predicted molar refractivity (Wildman–Crippen MR) is 118 cm³/mol. The summed E-state index contributed by atoms with van der Waals surface area (Å²) in [5.41, 5.74) is 5.61. The minimum atomic E-state index is -0.966. The Bertz CT molecular complexity index is 1020. The Hall–Kier alpha value is -3.51. The lowest BCUT2D eigenvalue weighted by atomic mass is 10.2. The normalized spacial score (nSPS) is 10.7. The van der Waals surface area contributed by atoms with E-state index in [1.54, 1.807) is 18.3 Å². The molecule has 0 aliphatic carbocycles. The van der Waals surface area contributed by atoms with Crippen molar-refractivity contribution in [1.82, 2.24) is 0 Å². The Morgan fingerprint density at radius 2 is 1.77 bits per heavy atom. The van der Waals surface area contributed by atoms with Gasteiger partial charge in [-0.2, -0.15) is 5.10 Å². The third kappa shape index (κ3) is 5.99. The molecule has 0 fully saturated rings. The summed E-state index contributed by atoms with van der Waals surface area (Å²) in [6.45, 7) is 2.82. The van der Waals surface area contributed by atoms with Gasteiger partial charge < -0.3 is 14.6 Å². The standard InChI is InChI=1S/C23H21ClN2O4/c1-2-29-22-13-17(14-25-26-20-10-6-18(7-11-20)23(27)28)5-12-21(22)30-15-16-3-8-19(24)9-4-16/h3-14,26H,2,15H2,1H3,(H,27,28)/b25-14+. The predicted octanol–water partition coefficient (Wildman–Crippen LogP) is 5.46. The molecule has 0 aliphatic rings. The van der Waals surface area contributed by atoms with Crippen LogP contribution in [-0.4, -0.2) is 23.9 Å². The first-order valence-corrected chi connectivity index (χ1v) is 9.69. The van der Waals surface area contributed by atoms with E-state index >= 15 is 0 Å². The van der Waals surface area contributed by atoms with Crippen molar-refractivity contribution in [2.45, 2.75) is 13.5 Å². The molecule has 30 heavy (non-hydrogen) atoms. The molecule has 0 saturated carbocycles. The van der Waals surface area contributed by atoms with Gasteiger partial charge in [0.2, 0.25) is 0 Å². The molecule has 2 N–H and O–H groups in total. The number of halogens is 1. The summed E-state index contributed by atoms with van der Waals surface area (Å²) in [5.74, 6) is 0.300. The second-order valence-electron chi connectivity index (χ2n) is 6.31. The molecule has 0 bridgehead atoms. The van der Waals surface area contributed by atoms with E-state index in [0.717, 1.165) is 11.1 Å². The molecule has 0 amide bonds. The quantitative estimate of drug-likeness (QED) is 0.352. The van der Waals surface area contributed by atoms with E-state index in [2.05, 4.69) is 10.5 Å². The van der Waals surface area contributed by atoms with Crippen molar-refractivity contribution < 1.29 is 19.4 Å². The van der Waals surface area contributed by atoms with Crippen LogP contribution in [0.4, 0.5) is 5.69 Å². The molecular weight excluding hydrogens is 404 g/mol. The lowest BCUT2D eigenvalue weighted by Gasteiger charge is -2.12. The fourth-order valence-corrected chi connectivity index (χ4v) is 2.73. The van der Waals surface area contributed by atoms with Crippen molar-refractivity contribution in [3.05, 3.63) is 88.4 Å². The smallest absolute Gasteiger partial charge is 0.335 e. The Balaban J connectivity index is 1.65. The van der Waals surface area contributed by atoms with Crippen molar-refractivity contribution in [3.8, 4) is 11.5 Å². The van der Waals surface area contributed by atoms with Gasteiger partial charge in [-0.05, 0) is 72.6 Å². The molecule has 0 aromatic heterocycles. The van der Waals surface area contributed by atoms with Crippen LogP contribution in [0.15, 0.2) is 71.8 Å². The minimum absolute atomic E-state index is 0.222. The summed E-state index contributed by atoms with van der Waals surface area (Å²) in [6, 6.07) is 19.4. The number of nitrogens with one attached hydrogen (secondary N) is 1. The van der Waals surface area contributed by atoms with Crippen LogP contribution in [-0.2, 0) is 6.61 Å². The van der Waals surface area contributed by atoms with Gasteiger partial charge in [0.05, 0.1) is 24.1 Å². The van der Waals surface area contributed by atoms with Crippen LogP contribution in [0.25, 0.3) is 0 Å². The van der Waals surface area contributed by atoms with Crippen LogP contribution in [0.1, 0.15) is 28.4 Å². The topological polar surface area (TPSA) is 80.2 Å². The number of hydrazone groups is 1. The summed E-state index contributed by atoms with van der Waals surface area (Å²) in [4.78, 5) is 10.9. The average molecular weight is 425 g/mol. The Morgan fingerprint density at radius 1 is 1.03 bits per heavy atom. The highest BCUT2D eigenvalue weighted by molar-refractivity contribution is 6.30. The molecule has 0 radical (unpaired) electrons. The van der Waals surface area contributed by atoms with Crippen molar-refractivity contribution in [1.29, 1.82) is 0 Å².